The Morgan fingerprint density at radius 2 is 2.10 bits per heavy atom. The van der Waals surface area contributed by atoms with E-state index in [0.29, 0.717) is 6.21 Å². The molecule has 12 nitrogen and oxygen atoms in total. The number of imidazole rings is 1. The Bertz CT molecular complexity index is 893. The minimum atomic E-state index is -1.88. The molecule has 0 N–H and O–H groups in total. The fourth-order valence-corrected chi connectivity index (χ4v) is 2.71. The van der Waals surface area contributed by atoms with Crippen molar-refractivity contribution in [3.05, 3.63) is 17.6 Å². The lowest BCUT2D eigenvalue weighted by Crippen LogP contribution is -2.36. The maximum Gasteiger partial charge on any atom is 0.329 e. The second-order valence-corrected chi connectivity index (χ2v) is 6.53. The van der Waals surface area contributed by atoms with Crippen LogP contribution in [-0.2, 0) is 23.8 Å². The molecule has 0 amide bonds. The molecule has 1 saturated heterocycles. The van der Waals surface area contributed by atoms with Gasteiger partial charge in [-0.1, -0.05) is 0 Å². The zero-order valence-electron chi connectivity index (χ0n) is 16.8. The van der Waals surface area contributed by atoms with Gasteiger partial charge < -0.3 is 24.6 Å². The summed E-state index contributed by atoms with van der Waals surface area (Å²) in [4.78, 5) is 46.9. The molecular weight excluding hydrogens is 403 g/mol. The Kier molecular flexibility index (Phi) is 7.50. The number of esters is 2. The van der Waals surface area contributed by atoms with Crippen molar-refractivity contribution in [3.63, 3.8) is 0 Å². The summed E-state index contributed by atoms with van der Waals surface area (Å²) in [6.07, 6.45) is -2.63. The van der Waals surface area contributed by atoms with Gasteiger partial charge >= 0.3 is 18.2 Å². The Labute approximate surface area is 170 Å². The SMILES string of the molecule is CC(=O)OC[C@H]1O[C@@H](n2cnc(C(=O)C=[N+]=[N-])c2/N=C/N(C)C)[C@@H](F)[C@@H]1OC(C)=O. The fourth-order valence-electron chi connectivity index (χ4n) is 2.71. The first kappa shape index (κ1) is 22.8. The summed E-state index contributed by atoms with van der Waals surface area (Å²) in [5.74, 6) is -2.21. The molecule has 1 aliphatic heterocycles. The zero-order chi connectivity index (χ0) is 22.4. The molecule has 1 fully saturated rings. The number of hydrogen-bond donors (Lipinski definition) is 0. The number of halogens is 1. The van der Waals surface area contributed by atoms with Crippen LogP contribution in [0.5, 0.6) is 0 Å². The number of hydrogen-bond acceptors (Lipinski definition) is 8. The highest BCUT2D eigenvalue weighted by Gasteiger charge is 2.49. The first-order valence-corrected chi connectivity index (χ1v) is 8.75. The van der Waals surface area contributed by atoms with Crippen molar-refractivity contribution in [1.29, 1.82) is 0 Å². The third kappa shape index (κ3) is 5.33. The average Bonchev–Trinajstić information content (AvgIpc) is 3.20. The molecule has 13 heteroatoms. The summed E-state index contributed by atoms with van der Waals surface area (Å²) in [6, 6.07) is 0. The van der Waals surface area contributed by atoms with Gasteiger partial charge in [-0.2, -0.15) is 4.79 Å². The van der Waals surface area contributed by atoms with E-state index < -0.39 is 42.3 Å². The van der Waals surface area contributed by atoms with Crippen LogP contribution in [0.15, 0.2) is 11.3 Å². The Balaban J connectivity index is 2.45. The summed E-state index contributed by atoms with van der Waals surface area (Å²) in [5, 5.41) is 0. The van der Waals surface area contributed by atoms with Crippen LogP contribution in [0.3, 0.4) is 0 Å². The topological polar surface area (TPSA) is 149 Å². The molecule has 0 saturated carbocycles. The highest BCUT2D eigenvalue weighted by Crippen LogP contribution is 2.37. The van der Waals surface area contributed by atoms with Crippen LogP contribution in [0, 0.1) is 0 Å². The van der Waals surface area contributed by atoms with Crippen molar-refractivity contribution >= 4 is 36.1 Å². The summed E-state index contributed by atoms with van der Waals surface area (Å²) in [5.41, 5.74) is 8.40. The van der Waals surface area contributed by atoms with Crippen LogP contribution in [-0.4, -0.2) is 88.6 Å². The molecule has 0 unspecified atom stereocenters. The second kappa shape index (κ2) is 9.85. The van der Waals surface area contributed by atoms with Crippen molar-refractivity contribution in [2.45, 2.75) is 38.5 Å². The molecule has 2 heterocycles. The quantitative estimate of drug-likeness (QED) is 0.145. The number of carbonyl (C=O) groups excluding carboxylic acids is 3. The summed E-state index contributed by atoms with van der Waals surface area (Å²) in [6.45, 7) is 1.93. The lowest BCUT2D eigenvalue weighted by Gasteiger charge is -2.18. The molecule has 0 aliphatic carbocycles. The smallest absolute Gasteiger partial charge is 0.329 e. The van der Waals surface area contributed by atoms with E-state index in [2.05, 4.69) is 14.8 Å². The van der Waals surface area contributed by atoms with Crippen LogP contribution in [0.4, 0.5) is 10.2 Å². The highest BCUT2D eigenvalue weighted by atomic mass is 19.1. The van der Waals surface area contributed by atoms with Gasteiger partial charge in [0.2, 0.25) is 0 Å². The summed E-state index contributed by atoms with van der Waals surface area (Å²) in [7, 11) is 3.35. The van der Waals surface area contributed by atoms with E-state index in [4.69, 9.17) is 19.7 Å². The highest BCUT2D eigenvalue weighted by molar-refractivity contribution is 6.34. The molecule has 1 aliphatic rings. The molecule has 4 atom stereocenters. The monoisotopic (exact) mass is 424 g/mol. The number of ether oxygens (including phenoxy) is 3. The Morgan fingerprint density at radius 1 is 1.40 bits per heavy atom. The van der Waals surface area contributed by atoms with Crippen LogP contribution in [0.1, 0.15) is 30.6 Å². The summed E-state index contributed by atoms with van der Waals surface area (Å²) < 4.78 is 31.9. The predicted molar refractivity (Wildman–Crippen MR) is 99.1 cm³/mol. The first-order chi connectivity index (χ1) is 14.1. The first-order valence-electron chi connectivity index (χ1n) is 8.75. The molecule has 2 rings (SSSR count). The van der Waals surface area contributed by atoms with Crippen LogP contribution in [0.2, 0.25) is 0 Å². The van der Waals surface area contributed by atoms with Crippen molar-refractivity contribution in [2.24, 2.45) is 4.99 Å². The molecular formula is C17H21FN6O6. The summed E-state index contributed by atoms with van der Waals surface area (Å²) >= 11 is 0. The van der Waals surface area contributed by atoms with E-state index in [0.717, 1.165) is 17.8 Å². The van der Waals surface area contributed by atoms with Crippen molar-refractivity contribution in [3.8, 4) is 0 Å². The van der Waals surface area contributed by atoms with E-state index >= 15 is 4.39 Å². The van der Waals surface area contributed by atoms with E-state index in [1.54, 1.807) is 19.0 Å². The van der Waals surface area contributed by atoms with E-state index in [-0.39, 0.29) is 18.1 Å². The number of aliphatic imine (C=N–C) groups is 1. The maximum atomic E-state index is 15.2. The Morgan fingerprint density at radius 3 is 2.67 bits per heavy atom. The maximum absolute atomic E-state index is 15.2. The predicted octanol–water partition coefficient (Wildman–Crippen LogP) is 0.318. The lowest BCUT2D eigenvalue weighted by molar-refractivity contribution is -0.156. The van der Waals surface area contributed by atoms with Crippen LogP contribution < -0.4 is 0 Å². The number of nitrogens with zero attached hydrogens (tertiary/aromatic N) is 6. The second-order valence-electron chi connectivity index (χ2n) is 6.53. The van der Waals surface area contributed by atoms with Crippen molar-refractivity contribution in [2.75, 3.05) is 20.7 Å². The molecule has 0 bridgehead atoms. The van der Waals surface area contributed by atoms with Gasteiger partial charge in [0.25, 0.3) is 5.78 Å². The van der Waals surface area contributed by atoms with Gasteiger partial charge in [-0.3, -0.25) is 19.0 Å². The average molecular weight is 424 g/mol. The number of carbonyl (C=O) groups is 3. The van der Waals surface area contributed by atoms with Crippen LogP contribution in [0.25, 0.3) is 5.53 Å². The minimum absolute atomic E-state index is 0.0732. The van der Waals surface area contributed by atoms with Crippen molar-refractivity contribution in [1.82, 2.24) is 14.5 Å². The number of Topliss-reactive ketones (excluding diaryl/α,β-unsaturated/α-hetero) is 1. The van der Waals surface area contributed by atoms with Gasteiger partial charge in [-0.25, -0.2) is 14.4 Å². The number of rotatable bonds is 8. The van der Waals surface area contributed by atoms with Gasteiger partial charge in [-0.15, -0.1) is 0 Å². The van der Waals surface area contributed by atoms with E-state index in [1.807, 2.05) is 0 Å². The number of ketones is 1. The van der Waals surface area contributed by atoms with E-state index in [9.17, 15) is 14.4 Å². The lowest BCUT2D eigenvalue weighted by atomic mass is 10.1. The van der Waals surface area contributed by atoms with Crippen molar-refractivity contribution < 1.29 is 37.8 Å². The third-order valence-corrected chi connectivity index (χ3v) is 3.88. The van der Waals surface area contributed by atoms with Gasteiger partial charge in [0.05, 0.1) is 12.7 Å². The van der Waals surface area contributed by atoms with Gasteiger partial charge in [0.15, 0.2) is 30.0 Å². The molecule has 30 heavy (non-hydrogen) atoms. The Hall–Kier alpha value is -3.44. The molecule has 0 aromatic carbocycles. The van der Waals surface area contributed by atoms with Gasteiger partial charge in [-0.05, 0) is 0 Å². The minimum Gasteiger partial charge on any atom is -0.463 e. The number of aromatic nitrogens is 2. The molecule has 0 spiro atoms. The fraction of sp³-hybridized carbons (Fsp3) is 0.529. The zero-order valence-corrected chi connectivity index (χ0v) is 16.8. The van der Waals surface area contributed by atoms with E-state index in [1.165, 1.54) is 13.3 Å². The standard InChI is InChI=1S/C17H21FN6O6/c1-9(25)28-6-12-15(29-10(2)26)13(18)17(30-12)24-8-20-14(11(27)5-22-19)16(24)21-7-23(3)4/h5,7-8,12-13,15,17H,6H2,1-4H3/b21-7+/t12-,13+,15-,17-/m1/s1. The normalized spacial score (nSPS) is 23.1. The molecule has 0 radical (unpaired) electrons. The van der Waals surface area contributed by atoms with Gasteiger partial charge in [0.1, 0.15) is 12.7 Å². The molecule has 162 valence electrons. The molecule has 1 aromatic rings. The van der Waals surface area contributed by atoms with Crippen LogP contribution >= 0.6 is 0 Å². The number of alkyl halides is 1. The molecule has 1 aromatic heterocycles. The third-order valence-electron chi connectivity index (χ3n) is 3.88. The van der Waals surface area contributed by atoms with Gasteiger partial charge in [0, 0.05) is 27.9 Å². The largest absolute Gasteiger partial charge is 0.463 e.